The lowest BCUT2D eigenvalue weighted by atomic mass is 9.99. The van der Waals surface area contributed by atoms with Crippen LogP contribution in [0.15, 0.2) is 60.7 Å². The molecule has 8 heteroatoms. The standard InChI is InChI=1S/C28H32N6OS/c1-19-14-22(15-20(2)21(19)3)8-5-6-9-24-16-23(12-13-27(24)29-4)18-35-31-25-10-7-11-26(17-25)34-28(36)30-32-33-34/h5,7-8,10-17,29,31H,6,9,18H2,1-4H3,(H,30,33,36). The fraction of sp³-hybridized carbons (Fsp3) is 0.250. The molecular formula is C28H32N6OS. The Kier molecular flexibility index (Phi) is 8.30. The van der Waals surface area contributed by atoms with Gasteiger partial charge in [0.1, 0.15) is 0 Å². The summed E-state index contributed by atoms with van der Waals surface area (Å²) in [4.78, 5) is 5.79. The Bertz CT molecular complexity index is 1400. The zero-order chi connectivity index (χ0) is 25.5. The monoisotopic (exact) mass is 500 g/mol. The van der Waals surface area contributed by atoms with E-state index in [1.807, 2.05) is 31.3 Å². The molecule has 7 nitrogen and oxygen atoms in total. The highest BCUT2D eigenvalue weighted by Gasteiger charge is 2.05. The molecule has 0 aliphatic rings. The Morgan fingerprint density at radius 1 is 1.06 bits per heavy atom. The Balaban J connectivity index is 1.35. The van der Waals surface area contributed by atoms with E-state index in [0.29, 0.717) is 11.4 Å². The topological polar surface area (TPSA) is 79.8 Å². The van der Waals surface area contributed by atoms with Crippen LogP contribution in [0.25, 0.3) is 11.8 Å². The number of anilines is 2. The number of H-pyrrole nitrogens is 1. The molecule has 4 rings (SSSR count). The summed E-state index contributed by atoms with van der Waals surface area (Å²) < 4.78 is 1.99. The average Bonchev–Trinajstić information content (AvgIpc) is 3.31. The van der Waals surface area contributed by atoms with Crippen LogP contribution in [0.3, 0.4) is 0 Å². The van der Waals surface area contributed by atoms with Gasteiger partial charge in [0, 0.05) is 12.7 Å². The summed E-state index contributed by atoms with van der Waals surface area (Å²) in [5, 5.41) is 13.6. The van der Waals surface area contributed by atoms with Crippen LogP contribution in [0.4, 0.5) is 11.4 Å². The van der Waals surface area contributed by atoms with E-state index in [1.54, 1.807) is 4.68 Å². The van der Waals surface area contributed by atoms with Crippen molar-refractivity contribution in [2.45, 2.75) is 40.2 Å². The molecule has 186 valence electrons. The van der Waals surface area contributed by atoms with Crippen molar-refractivity contribution >= 4 is 29.7 Å². The van der Waals surface area contributed by atoms with Crippen molar-refractivity contribution in [3.8, 4) is 5.69 Å². The predicted molar refractivity (Wildman–Crippen MR) is 149 cm³/mol. The number of allylic oxidation sites excluding steroid dienone is 1. The molecule has 0 bridgehead atoms. The fourth-order valence-corrected chi connectivity index (χ4v) is 4.28. The zero-order valence-electron chi connectivity index (χ0n) is 21.1. The third-order valence-electron chi connectivity index (χ3n) is 6.28. The molecule has 1 aromatic heterocycles. The first-order chi connectivity index (χ1) is 17.4. The number of tetrazole rings is 1. The van der Waals surface area contributed by atoms with E-state index < -0.39 is 0 Å². The SMILES string of the molecule is CNc1ccc(CONc2cccc(-n3[nH]nnc3=S)c2)cc1CCC=Cc1cc(C)c(C)c(C)c1. The summed E-state index contributed by atoms with van der Waals surface area (Å²) in [6, 6.07) is 18.6. The third-order valence-corrected chi connectivity index (χ3v) is 6.55. The second-order valence-corrected chi connectivity index (χ2v) is 9.19. The maximum atomic E-state index is 5.79. The van der Waals surface area contributed by atoms with Crippen LogP contribution in [-0.4, -0.2) is 27.3 Å². The molecule has 4 aromatic rings. The van der Waals surface area contributed by atoms with Gasteiger partial charge in [-0.15, -0.1) is 0 Å². The van der Waals surface area contributed by atoms with Gasteiger partial charge in [0.05, 0.1) is 18.0 Å². The van der Waals surface area contributed by atoms with Crippen molar-refractivity contribution in [3.05, 3.63) is 98.8 Å². The van der Waals surface area contributed by atoms with E-state index in [4.69, 9.17) is 17.1 Å². The van der Waals surface area contributed by atoms with Crippen LogP contribution >= 0.6 is 12.2 Å². The quantitative estimate of drug-likeness (QED) is 0.171. The molecule has 0 amide bonds. The molecule has 0 saturated heterocycles. The van der Waals surface area contributed by atoms with E-state index in [0.717, 1.165) is 35.5 Å². The Hall–Kier alpha value is -3.75. The lowest BCUT2D eigenvalue weighted by Crippen LogP contribution is -2.04. The number of nitrogens with zero attached hydrogens (tertiary/aromatic N) is 3. The van der Waals surface area contributed by atoms with Gasteiger partial charge in [-0.25, -0.2) is 4.68 Å². The van der Waals surface area contributed by atoms with Crippen molar-refractivity contribution in [3.63, 3.8) is 0 Å². The summed E-state index contributed by atoms with van der Waals surface area (Å²) in [6.45, 7) is 6.95. The van der Waals surface area contributed by atoms with Crippen LogP contribution < -0.4 is 10.8 Å². The van der Waals surface area contributed by atoms with E-state index >= 15 is 0 Å². The number of aryl methyl sites for hydroxylation is 3. The van der Waals surface area contributed by atoms with Crippen molar-refractivity contribution < 1.29 is 4.84 Å². The number of aromatic nitrogens is 4. The first-order valence-corrected chi connectivity index (χ1v) is 12.4. The number of nitrogens with one attached hydrogen (secondary N) is 3. The highest BCUT2D eigenvalue weighted by Crippen LogP contribution is 2.21. The van der Waals surface area contributed by atoms with Crippen LogP contribution in [0.2, 0.25) is 0 Å². The largest absolute Gasteiger partial charge is 0.388 e. The predicted octanol–water partition coefficient (Wildman–Crippen LogP) is 6.48. The van der Waals surface area contributed by atoms with Crippen LogP contribution in [0.1, 0.15) is 39.8 Å². The highest BCUT2D eigenvalue weighted by molar-refractivity contribution is 7.71. The minimum Gasteiger partial charge on any atom is -0.388 e. The van der Waals surface area contributed by atoms with Crippen LogP contribution in [-0.2, 0) is 17.9 Å². The Morgan fingerprint density at radius 3 is 2.58 bits per heavy atom. The van der Waals surface area contributed by atoms with Gasteiger partial charge in [-0.1, -0.05) is 52.8 Å². The molecule has 0 aliphatic carbocycles. The summed E-state index contributed by atoms with van der Waals surface area (Å²) >= 11 is 5.17. The van der Waals surface area contributed by atoms with Gasteiger partial charge in [-0.3, -0.25) is 10.3 Å². The lowest BCUT2D eigenvalue weighted by molar-refractivity contribution is 0.180. The van der Waals surface area contributed by atoms with Gasteiger partial charge in [0.15, 0.2) is 0 Å². The molecule has 0 fully saturated rings. The van der Waals surface area contributed by atoms with Crippen molar-refractivity contribution in [2.24, 2.45) is 0 Å². The zero-order valence-corrected chi connectivity index (χ0v) is 21.9. The summed E-state index contributed by atoms with van der Waals surface area (Å²) in [7, 11) is 1.96. The number of rotatable bonds is 10. The highest BCUT2D eigenvalue weighted by atomic mass is 32.1. The summed E-state index contributed by atoms with van der Waals surface area (Å²) in [5.41, 5.74) is 13.4. The molecule has 0 unspecified atom stereocenters. The number of hydrogen-bond acceptors (Lipinski definition) is 6. The fourth-order valence-electron chi connectivity index (χ4n) is 4.09. The van der Waals surface area contributed by atoms with Gasteiger partial charge in [-0.05, 0) is 103 Å². The molecule has 1 heterocycles. The van der Waals surface area contributed by atoms with Crippen molar-refractivity contribution in [2.75, 3.05) is 17.8 Å². The molecule has 0 atom stereocenters. The Morgan fingerprint density at radius 2 is 1.86 bits per heavy atom. The van der Waals surface area contributed by atoms with Crippen LogP contribution in [0, 0.1) is 25.5 Å². The smallest absolute Gasteiger partial charge is 0.242 e. The maximum Gasteiger partial charge on any atom is 0.242 e. The van der Waals surface area contributed by atoms with Crippen molar-refractivity contribution in [1.29, 1.82) is 0 Å². The Labute approximate surface area is 217 Å². The maximum absolute atomic E-state index is 5.79. The van der Waals surface area contributed by atoms with E-state index in [-0.39, 0.29) is 0 Å². The number of aromatic amines is 1. The van der Waals surface area contributed by atoms with Gasteiger partial charge in [0.25, 0.3) is 0 Å². The van der Waals surface area contributed by atoms with E-state index in [2.05, 4.69) is 89.6 Å². The van der Waals surface area contributed by atoms with Gasteiger partial charge >= 0.3 is 0 Å². The van der Waals surface area contributed by atoms with Gasteiger partial charge < -0.3 is 5.32 Å². The second kappa shape index (κ2) is 11.8. The molecular weight excluding hydrogens is 468 g/mol. The molecule has 0 spiro atoms. The summed E-state index contributed by atoms with van der Waals surface area (Å²) in [5.74, 6) is 0. The van der Waals surface area contributed by atoms with E-state index in [9.17, 15) is 0 Å². The first-order valence-electron chi connectivity index (χ1n) is 12.0. The molecule has 3 N–H and O–H groups in total. The molecule has 3 aromatic carbocycles. The normalized spacial score (nSPS) is 11.2. The molecule has 0 aliphatic heterocycles. The van der Waals surface area contributed by atoms with E-state index in [1.165, 1.54) is 27.8 Å². The first kappa shape index (κ1) is 25.3. The number of benzene rings is 3. The molecule has 0 radical (unpaired) electrons. The molecule has 36 heavy (non-hydrogen) atoms. The second-order valence-electron chi connectivity index (χ2n) is 8.82. The summed E-state index contributed by atoms with van der Waals surface area (Å²) in [6.07, 6.45) is 6.37. The minimum atomic E-state index is 0.365. The average molecular weight is 501 g/mol. The van der Waals surface area contributed by atoms with Gasteiger partial charge in [-0.2, -0.15) is 5.21 Å². The minimum absolute atomic E-state index is 0.365. The lowest BCUT2D eigenvalue weighted by Gasteiger charge is -2.12. The van der Waals surface area contributed by atoms with Crippen LogP contribution in [0.5, 0.6) is 0 Å². The molecule has 0 saturated carbocycles. The number of hydrogen-bond donors (Lipinski definition) is 3. The van der Waals surface area contributed by atoms with Crippen molar-refractivity contribution in [1.82, 2.24) is 20.2 Å². The third kappa shape index (κ3) is 6.27. The van der Waals surface area contributed by atoms with Gasteiger partial charge in [0.2, 0.25) is 4.77 Å².